The van der Waals surface area contributed by atoms with Crippen LogP contribution in [-0.2, 0) is 0 Å². The number of hydrogen-bond donors (Lipinski definition) is 1. The smallest absolute Gasteiger partial charge is 0.107 e. The van der Waals surface area contributed by atoms with Crippen molar-refractivity contribution < 1.29 is 0 Å². The normalized spacial score (nSPS) is 35.2. The van der Waals surface area contributed by atoms with E-state index in [1.165, 1.54) is 32.1 Å². The highest BCUT2D eigenvalue weighted by atomic mass is 15.1. The molecule has 0 amide bonds. The van der Waals surface area contributed by atoms with Crippen molar-refractivity contribution in [2.45, 2.75) is 63.6 Å². The number of hydrogen-bond acceptors (Lipinski definition) is 2. The quantitative estimate of drug-likeness (QED) is 0.704. The van der Waals surface area contributed by atoms with Gasteiger partial charge in [-0.1, -0.05) is 19.8 Å². The van der Waals surface area contributed by atoms with Gasteiger partial charge in [0.15, 0.2) is 0 Å². The van der Waals surface area contributed by atoms with Crippen LogP contribution in [-0.4, -0.2) is 23.8 Å². The van der Waals surface area contributed by atoms with E-state index in [1.807, 2.05) is 0 Å². The van der Waals surface area contributed by atoms with Gasteiger partial charge in [0.25, 0.3) is 0 Å². The minimum Gasteiger partial charge on any atom is -0.308 e. The molecular weight excluding hydrogens is 160 g/mol. The standard InChI is InChI=1S/C11H20N2/c1-3-10(11(2)8-12-11)13-9-6-4-5-7-9/h8-10,13H,3-7H2,1-2H3. The molecule has 1 aliphatic carbocycles. The number of aliphatic imine (C=N–C) groups is 1. The molecule has 1 N–H and O–H groups in total. The lowest BCUT2D eigenvalue weighted by Crippen LogP contribution is -2.45. The van der Waals surface area contributed by atoms with Gasteiger partial charge in [-0.25, -0.2) is 0 Å². The molecule has 74 valence electrons. The summed E-state index contributed by atoms with van der Waals surface area (Å²) in [4.78, 5) is 4.36. The molecule has 0 bridgehead atoms. The first-order chi connectivity index (χ1) is 6.24. The van der Waals surface area contributed by atoms with E-state index >= 15 is 0 Å². The largest absolute Gasteiger partial charge is 0.308 e. The van der Waals surface area contributed by atoms with Gasteiger partial charge >= 0.3 is 0 Å². The van der Waals surface area contributed by atoms with E-state index in [0.29, 0.717) is 6.04 Å². The molecule has 2 heteroatoms. The molecule has 0 saturated heterocycles. The molecule has 2 nitrogen and oxygen atoms in total. The predicted octanol–water partition coefficient (Wildman–Crippen LogP) is 2.14. The second-order valence-electron chi connectivity index (χ2n) is 4.59. The van der Waals surface area contributed by atoms with E-state index in [2.05, 4.69) is 30.4 Å². The van der Waals surface area contributed by atoms with Crippen molar-refractivity contribution in [1.29, 1.82) is 0 Å². The first-order valence-corrected chi connectivity index (χ1v) is 5.57. The Morgan fingerprint density at radius 3 is 2.62 bits per heavy atom. The van der Waals surface area contributed by atoms with Crippen molar-refractivity contribution in [2.24, 2.45) is 4.99 Å². The van der Waals surface area contributed by atoms with Gasteiger partial charge in [-0.2, -0.15) is 0 Å². The van der Waals surface area contributed by atoms with Gasteiger partial charge in [0.2, 0.25) is 0 Å². The Morgan fingerprint density at radius 1 is 1.54 bits per heavy atom. The fourth-order valence-corrected chi connectivity index (χ4v) is 2.36. The Hall–Kier alpha value is -0.370. The number of nitrogens with zero attached hydrogens (tertiary/aromatic N) is 1. The molecule has 1 aliphatic heterocycles. The van der Waals surface area contributed by atoms with Gasteiger partial charge in [0.1, 0.15) is 5.54 Å². The Balaban J connectivity index is 1.83. The monoisotopic (exact) mass is 180 g/mol. The van der Waals surface area contributed by atoms with Crippen molar-refractivity contribution in [1.82, 2.24) is 5.32 Å². The Morgan fingerprint density at radius 2 is 2.15 bits per heavy atom. The first kappa shape index (κ1) is 9.20. The molecule has 2 unspecified atom stereocenters. The third-order valence-electron chi connectivity index (χ3n) is 3.44. The van der Waals surface area contributed by atoms with Gasteiger partial charge in [0.05, 0.1) is 0 Å². The van der Waals surface area contributed by atoms with Crippen molar-refractivity contribution >= 4 is 6.21 Å². The highest BCUT2D eigenvalue weighted by Crippen LogP contribution is 2.28. The average Bonchev–Trinajstić information content (AvgIpc) is 2.70. The summed E-state index contributed by atoms with van der Waals surface area (Å²) in [5.41, 5.74) is 0.164. The maximum atomic E-state index is 4.36. The van der Waals surface area contributed by atoms with Gasteiger partial charge in [-0.05, 0) is 26.2 Å². The minimum atomic E-state index is 0.164. The fourth-order valence-electron chi connectivity index (χ4n) is 2.36. The molecule has 1 heterocycles. The zero-order valence-electron chi connectivity index (χ0n) is 8.71. The predicted molar refractivity (Wildman–Crippen MR) is 56.4 cm³/mol. The van der Waals surface area contributed by atoms with E-state index in [9.17, 15) is 0 Å². The summed E-state index contributed by atoms with van der Waals surface area (Å²) >= 11 is 0. The van der Waals surface area contributed by atoms with Gasteiger partial charge < -0.3 is 5.32 Å². The maximum absolute atomic E-state index is 4.36. The van der Waals surface area contributed by atoms with Gasteiger partial charge in [-0.3, -0.25) is 4.99 Å². The van der Waals surface area contributed by atoms with Crippen LogP contribution in [0.15, 0.2) is 4.99 Å². The summed E-state index contributed by atoms with van der Waals surface area (Å²) in [5.74, 6) is 0. The molecule has 1 saturated carbocycles. The van der Waals surface area contributed by atoms with Crippen LogP contribution in [0.1, 0.15) is 46.0 Å². The zero-order chi connectivity index (χ0) is 9.31. The molecule has 13 heavy (non-hydrogen) atoms. The van der Waals surface area contributed by atoms with E-state index in [-0.39, 0.29) is 5.54 Å². The summed E-state index contributed by atoms with van der Waals surface area (Å²) in [7, 11) is 0. The molecule has 1 fully saturated rings. The lowest BCUT2D eigenvalue weighted by molar-refractivity contribution is 0.372. The molecule has 0 radical (unpaired) electrons. The maximum Gasteiger partial charge on any atom is 0.107 e. The second-order valence-corrected chi connectivity index (χ2v) is 4.59. The summed E-state index contributed by atoms with van der Waals surface area (Å²) in [6.07, 6.45) is 8.83. The summed E-state index contributed by atoms with van der Waals surface area (Å²) in [5, 5.41) is 3.74. The summed E-state index contributed by atoms with van der Waals surface area (Å²) < 4.78 is 0. The summed E-state index contributed by atoms with van der Waals surface area (Å²) in [6, 6.07) is 1.35. The SMILES string of the molecule is CCC(NC1CCCC1)C1(C)C=N1. The van der Waals surface area contributed by atoms with Gasteiger partial charge in [0, 0.05) is 18.3 Å². The highest BCUT2D eigenvalue weighted by molar-refractivity contribution is 5.84. The van der Waals surface area contributed by atoms with Crippen LogP contribution in [0.25, 0.3) is 0 Å². The van der Waals surface area contributed by atoms with Crippen LogP contribution in [0, 0.1) is 0 Å². The van der Waals surface area contributed by atoms with Crippen molar-refractivity contribution in [3.63, 3.8) is 0 Å². The highest BCUT2D eigenvalue weighted by Gasteiger charge is 2.39. The summed E-state index contributed by atoms with van der Waals surface area (Å²) in [6.45, 7) is 4.47. The van der Waals surface area contributed by atoms with Crippen LogP contribution in [0.2, 0.25) is 0 Å². The molecule has 2 atom stereocenters. The first-order valence-electron chi connectivity index (χ1n) is 5.57. The molecule has 2 aliphatic rings. The van der Waals surface area contributed by atoms with Crippen LogP contribution in [0.3, 0.4) is 0 Å². The topological polar surface area (TPSA) is 24.4 Å². The molecule has 0 aromatic carbocycles. The van der Waals surface area contributed by atoms with Crippen LogP contribution in [0.4, 0.5) is 0 Å². The third-order valence-corrected chi connectivity index (χ3v) is 3.44. The minimum absolute atomic E-state index is 0.164. The Kier molecular flexibility index (Phi) is 2.41. The van der Waals surface area contributed by atoms with Crippen LogP contribution >= 0.6 is 0 Å². The van der Waals surface area contributed by atoms with Crippen LogP contribution in [0.5, 0.6) is 0 Å². The van der Waals surface area contributed by atoms with E-state index < -0.39 is 0 Å². The molecule has 2 rings (SSSR count). The molecular formula is C11H20N2. The lowest BCUT2D eigenvalue weighted by atomic mass is 9.97. The molecule has 0 aromatic rings. The molecule has 0 aromatic heterocycles. The Bertz CT molecular complexity index is 198. The average molecular weight is 180 g/mol. The van der Waals surface area contributed by atoms with Crippen molar-refractivity contribution in [3.8, 4) is 0 Å². The Labute approximate surface area is 80.8 Å². The third kappa shape index (κ3) is 1.93. The van der Waals surface area contributed by atoms with Crippen molar-refractivity contribution in [3.05, 3.63) is 0 Å². The van der Waals surface area contributed by atoms with E-state index in [4.69, 9.17) is 0 Å². The lowest BCUT2D eigenvalue weighted by Gasteiger charge is -2.25. The van der Waals surface area contributed by atoms with Crippen molar-refractivity contribution in [2.75, 3.05) is 0 Å². The van der Waals surface area contributed by atoms with Crippen LogP contribution < -0.4 is 5.32 Å². The van der Waals surface area contributed by atoms with E-state index in [0.717, 1.165) is 6.04 Å². The van der Waals surface area contributed by atoms with Gasteiger partial charge in [-0.15, -0.1) is 0 Å². The fraction of sp³-hybridized carbons (Fsp3) is 0.909. The molecule has 0 spiro atoms. The second kappa shape index (κ2) is 3.41. The van der Waals surface area contributed by atoms with E-state index in [1.54, 1.807) is 0 Å². The zero-order valence-corrected chi connectivity index (χ0v) is 8.71. The number of nitrogens with one attached hydrogen (secondary N) is 1. The number of rotatable bonds is 4.